The average Bonchev–Trinajstić information content (AvgIpc) is 2.50. The van der Waals surface area contributed by atoms with Gasteiger partial charge in [0.1, 0.15) is 17.3 Å². The lowest BCUT2D eigenvalue weighted by Gasteiger charge is -2.13. The Hall–Kier alpha value is -2.16. The van der Waals surface area contributed by atoms with E-state index in [1.165, 1.54) is 6.92 Å². The van der Waals surface area contributed by atoms with Gasteiger partial charge in [0.15, 0.2) is 0 Å². The van der Waals surface area contributed by atoms with Gasteiger partial charge in [0.2, 0.25) is 5.91 Å². The maximum Gasteiger partial charge on any atom is 0.417 e. The number of nitrogens with zero attached hydrogens (tertiary/aromatic N) is 1. The van der Waals surface area contributed by atoms with Gasteiger partial charge in [0.05, 0.1) is 15.8 Å². The van der Waals surface area contributed by atoms with E-state index in [0.717, 1.165) is 42.1 Å². The molecule has 0 radical (unpaired) electrons. The number of nitrogens with one attached hydrogen (secondary N) is 1. The molecule has 9 heteroatoms. The van der Waals surface area contributed by atoms with Crippen molar-refractivity contribution >= 4 is 23.4 Å². The number of thioether (sulfide) groups is 1. The zero-order valence-corrected chi connectivity index (χ0v) is 13.0. The molecule has 3 nitrogen and oxygen atoms in total. The molecular formula is C15H11F5N2OS. The van der Waals surface area contributed by atoms with E-state index in [1.54, 1.807) is 0 Å². The summed E-state index contributed by atoms with van der Waals surface area (Å²) in [5, 5.41) is 1.47. The van der Waals surface area contributed by atoms with Crippen LogP contribution in [0.4, 0.5) is 27.6 Å². The second-order valence-electron chi connectivity index (χ2n) is 4.73. The molecule has 0 saturated carbocycles. The minimum atomic E-state index is -4.50. The van der Waals surface area contributed by atoms with Crippen LogP contribution in [0.2, 0.25) is 0 Å². The average molecular weight is 362 g/mol. The third-order valence-corrected chi connectivity index (χ3v) is 3.99. The summed E-state index contributed by atoms with van der Waals surface area (Å²) in [6.07, 6.45) is -3.84. The zero-order valence-electron chi connectivity index (χ0n) is 12.2. The number of amides is 1. The van der Waals surface area contributed by atoms with Crippen LogP contribution in [0.3, 0.4) is 0 Å². The monoisotopic (exact) mass is 362 g/mol. The summed E-state index contributed by atoms with van der Waals surface area (Å²) in [5.41, 5.74) is -1.48. The van der Waals surface area contributed by atoms with E-state index < -0.39 is 40.2 Å². The van der Waals surface area contributed by atoms with E-state index in [4.69, 9.17) is 0 Å². The van der Waals surface area contributed by atoms with Gasteiger partial charge in [-0.2, -0.15) is 13.2 Å². The highest BCUT2D eigenvalue weighted by atomic mass is 32.2. The quantitative estimate of drug-likeness (QED) is 0.643. The minimum Gasteiger partial charge on any atom is -0.320 e. The van der Waals surface area contributed by atoms with Gasteiger partial charge in [-0.05, 0) is 31.2 Å². The first-order valence-corrected chi connectivity index (χ1v) is 7.51. The predicted molar refractivity (Wildman–Crippen MR) is 79.5 cm³/mol. The van der Waals surface area contributed by atoms with E-state index in [9.17, 15) is 26.7 Å². The lowest BCUT2D eigenvalue weighted by molar-refractivity contribution is -0.137. The number of halogens is 5. The van der Waals surface area contributed by atoms with Gasteiger partial charge in [0.25, 0.3) is 0 Å². The molecule has 1 amide bonds. The van der Waals surface area contributed by atoms with Crippen LogP contribution in [0.1, 0.15) is 12.5 Å². The smallest absolute Gasteiger partial charge is 0.320 e. The minimum absolute atomic E-state index is 0.180. The summed E-state index contributed by atoms with van der Waals surface area (Å²) < 4.78 is 64.3. The van der Waals surface area contributed by atoms with Crippen LogP contribution < -0.4 is 5.32 Å². The Bertz CT molecular complexity index is 713. The van der Waals surface area contributed by atoms with Gasteiger partial charge >= 0.3 is 6.18 Å². The van der Waals surface area contributed by atoms with Crippen molar-refractivity contribution in [3.8, 4) is 0 Å². The molecule has 0 bridgehead atoms. The molecule has 0 fully saturated rings. The highest BCUT2D eigenvalue weighted by Crippen LogP contribution is 2.30. The largest absolute Gasteiger partial charge is 0.417 e. The molecule has 1 aromatic carbocycles. The number of hydrogen-bond donors (Lipinski definition) is 1. The Labute approximate surface area is 138 Å². The molecule has 1 N–H and O–H groups in total. The summed E-state index contributed by atoms with van der Waals surface area (Å²) in [6, 6.07) is 5.11. The second kappa shape index (κ2) is 7.16. The number of carbonyl (C=O) groups is 1. The summed E-state index contributed by atoms with van der Waals surface area (Å²) in [7, 11) is 0. The second-order valence-corrected chi connectivity index (χ2v) is 6.09. The van der Waals surface area contributed by atoms with Gasteiger partial charge in [-0.3, -0.25) is 4.79 Å². The highest BCUT2D eigenvalue weighted by molar-refractivity contribution is 8.00. The molecule has 1 unspecified atom stereocenters. The number of rotatable bonds is 4. The Morgan fingerprint density at radius 3 is 2.29 bits per heavy atom. The normalized spacial score (nSPS) is 12.8. The molecule has 2 rings (SSSR count). The number of benzene rings is 1. The Morgan fingerprint density at radius 1 is 1.17 bits per heavy atom. The summed E-state index contributed by atoms with van der Waals surface area (Å²) in [5.74, 6) is -2.55. The maximum atomic E-state index is 13.5. The van der Waals surface area contributed by atoms with Crippen molar-refractivity contribution in [2.45, 2.75) is 23.4 Å². The lowest BCUT2D eigenvalue weighted by Crippen LogP contribution is -2.23. The number of aromatic nitrogens is 1. The van der Waals surface area contributed by atoms with E-state index >= 15 is 0 Å². The lowest BCUT2D eigenvalue weighted by atomic mass is 10.3. The van der Waals surface area contributed by atoms with Crippen LogP contribution in [-0.2, 0) is 11.0 Å². The standard InChI is InChI=1S/C15H11F5N2OS/c1-8(14(23)22-13-10(16)3-2-4-11(13)17)24-12-6-5-9(7-21-12)15(18,19)20/h2-8H,1H3,(H,22,23). The van der Waals surface area contributed by atoms with Crippen molar-refractivity contribution in [3.05, 3.63) is 53.7 Å². The topological polar surface area (TPSA) is 42.0 Å². The first kappa shape index (κ1) is 18.2. The van der Waals surface area contributed by atoms with Crippen molar-refractivity contribution in [3.63, 3.8) is 0 Å². The van der Waals surface area contributed by atoms with Crippen molar-refractivity contribution in [1.29, 1.82) is 0 Å². The Kier molecular flexibility index (Phi) is 5.43. The highest BCUT2D eigenvalue weighted by Gasteiger charge is 2.30. The first-order chi connectivity index (χ1) is 11.2. The molecule has 128 valence electrons. The fourth-order valence-electron chi connectivity index (χ4n) is 1.69. The molecule has 0 spiro atoms. The molecule has 1 heterocycles. The number of para-hydroxylation sites is 1. The third kappa shape index (κ3) is 4.44. The van der Waals surface area contributed by atoms with Crippen LogP contribution in [0, 0.1) is 11.6 Å². The Morgan fingerprint density at radius 2 is 1.79 bits per heavy atom. The fraction of sp³-hybridized carbons (Fsp3) is 0.200. The molecule has 0 saturated heterocycles. The van der Waals surface area contributed by atoms with Crippen LogP contribution in [-0.4, -0.2) is 16.1 Å². The van der Waals surface area contributed by atoms with Gasteiger partial charge < -0.3 is 5.32 Å². The molecule has 1 aromatic heterocycles. The van der Waals surface area contributed by atoms with Gasteiger partial charge in [0, 0.05) is 6.20 Å². The zero-order chi connectivity index (χ0) is 17.9. The van der Waals surface area contributed by atoms with Crippen LogP contribution in [0.5, 0.6) is 0 Å². The van der Waals surface area contributed by atoms with Gasteiger partial charge in [-0.15, -0.1) is 0 Å². The molecule has 0 aliphatic heterocycles. The van der Waals surface area contributed by atoms with Crippen molar-refractivity contribution < 1.29 is 26.7 Å². The van der Waals surface area contributed by atoms with Crippen LogP contribution >= 0.6 is 11.8 Å². The van der Waals surface area contributed by atoms with E-state index in [-0.39, 0.29) is 5.03 Å². The number of alkyl halides is 3. The van der Waals surface area contributed by atoms with Crippen LogP contribution in [0.25, 0.3) is 0 Å². The van der Waals surface area contributed by atoms with Crippen molar-refractivity contribution in [2.75, 3.05) is 5.32 Å². The van der Waals surface area contributed by atoms with E-state index in [0.29, 0.717) is 6.20 Å². The number of pyridine rings is 1. The third-order valence-electron chi connectivity index (χ3n) is 2.94. The number of hydrogen-bond acceptors (Lipinski definition) is 3. The predicted octanol–water partition coefficient (Wildman–Crippen LogP) is 4.50. The molecule has 2 aromatic rings. The molecule has 0 aliphatic carbocycles. The molecule has 24 heavy (non-hydrogen) atoms. The maximum absolute atomic E-state index is 13.5. The first-order valence-electron chi connectivity index (χ1n) is 6.63. The van der Waals surface area contributed by atoms with E-state index in [2.05, 4.69) is 10.3 Å². The van der Waals surface area contributed by atoms with Crippen molar-refractivity contribution in [1.82, 2.24) is 4.98 Å². The molecule has 1 atom stereocenters. The van der Waals surface area contributed by atoms with Gasteiger partial charge in [-0.1, -0.05) is 17.8 Å². The number of carbonyl (C=O) groups excluding carboxylic acids is 1. The summed E-state index contributed by atoms with van der Waals surface area (Å²) in [6.45, 7) is 1.44. The van der Waals surface area contributed by atoms with E-state index in [1.807, 2.05) is 0 Å². The van der Waals surface area contributed by atoms with Crippen molar-refractivity contribution in [2.24, 2.45) is 0 Å². The van der Waals surface area contributed by atoms with Gasteiger partial charge in [-0.25, -0.2) is 13.8 Å². The summed E-state index contributed by atoms with van der Waals surface area (Å²) >= 11 is 0.867. The SMILES string of the molecule is CC(Sc1ccc(C(F)(F)F)cn1)C(=O)Nc1c(F)cccc1F. The summed E-state index contributed by atoms with van der Waals surface area (Å²) in [4.78, 5) is 15.6. The molecule has 0 aliphatic rings. The molecular weight excluding hydrogens is 351 g/mol. The van der Waals surface area contributed by atoms with Crippen LogP contribution in [0.15, 0.2) is 41.6 Å². The fourth-order valence-corrected chi connectivity index (χ4v) is 2.48. The number of anilines is 1. The Balaban J connectivity index is 2.04.